The summed E-state index contributed by atoms with van der Waals surface area (Å²) in [6, 6.07) is 9.87. The molecule has 0 saturated carbocycles. The van der Waals surface area contributed by atoms with Crippen LogP contribution in [0.4, 0.5) is 4.39 Å². The quantitative estimate of drug-likeness (QED) is 0.646. The highest BCUT2D eigenvalue weighted by molar-refractivity contribution is 7.13. The second-order valence-electron chi connectivity index (χ2n) is 5.38. The minimum atomic E-state index is -0.272. The van der Waals surface area contributed by atoms with E-state index < -0.39 is 0 Å². The van der Waals surface area contributed by atoms with Gasteiger partial charge in [0.25, 0.3) is 5.89 Å². The third-order valence-electron chi connectivity index (χ3n) is 3.72. The lowest BCUT2D eigenvalue weighted by molar-refractivity contribution is 0.182. The van der Waals surface area contributed by atoms with E-state index in [1.165, 1.54) is 12.1 Å². The number of likely N-dealkylation sites (N-methyl/N-ethyl adjacent to an activating group) is 1. The third kappa shape index (κ3) is 3.98. The predicted octanol–water partition coefficient (Wildman–Crippen LogP) is 4.01. The first-order chi connectivity index (χ1) is 11.6. The second-order valence-corrected chi connectivity index (χ2v) is 6.33. The highest BCUT2D eigenvalue weighted by Crippen LogP contribution is 2.26. The van der Waals surface area contributed by atoms with Crippen LogP contribution in [0.3, 0.4) is 0 Å². The molecule has 3 rings (SSSR count). The molecule has 24 heavy (non-hydrogen) atoms. The van der Waals surface area contributed by atoms with Gasteiger partial charge in [0, 0.05) is 6.54 Å². The maximum atomic E-state index is 12.8. The van der Waals surface area contributed by atoms with E-state index in [1.807, 2.05) is 31.5 Å². The van der Waals surface area contributed by atoms with Crippen molar-refractivity contribution in [1.82, 2.24) is 15.1 Å². The molecular formula is C17H18FN3O2S. The van der Waals surface area contributed by atoms with Crippen molar-refractivity contribution in [2.24, 2.45) is 0 Å². The molecule has 1 unspecified atom stereocenters. The number of nitrogens with zero attached hydrogens (tertiary/aromatic N) is 3. The first-order valence-electron chi connectivity index (χ1n) is 7.59. The summed E-state index contributed by atoms with van der Waals surface area (Å²) in [4.78, 5) is 3.03. The van der Waals surface area contributed by atoms with Crippen molar-refractivity contribution in [3.8, 4) is 16.5 Å². The van der Waals surface area contributed by atoms with Crippen molar-refractivity contribution < 1.29 is 13.5 Å². The van der Waals surface area contributed by atoms with E-state index in [4.69, 9.17) is 9.15 Å². The average molecular weight is 347 g/mol. The van der Waals surface area contributed by atoms with E-state index >= 15 is 0 Å². The van der Waals surface area contributed by atoms with Gasteiger partial charge in [-0.1, -0.05) is 6.07 Å². The molecule has 0 spiro atoms. The van der Waals surface area contributed by atoms with Gasteiger partial charge >= 0.3 is 0 Å². The Labute approximate surface area is 143 Å². The molecule has 0 radical (unpaired) electrons. The van der Waals surface area contributed by atoms with Crippen LogP contribution in [0.5, 0.6) is 5.75 Å². The number of benzene rings is 1. The van der Waals surface area contributed by atoms with E-state index in [1.54, 1.807) is 23.5 Å². The van der Waals surface area contributed by atoms with Crippen LogP contribution in [-0.2, 0) is 0 Å². The highest BCUT2D eigenvalue weighted by atomic mass is 32.1. The lowest BCUT2D eigenvalue weighted by atomic mass is 10.3. The van der Waals surface area contributed by atoms with Gasteiger partial charge in [-0.25, -0.2) is 4.39 Å². The molecule has 0 bridgehead atoms. The molecule has 0 saturated heterocycles. The van der Waals surface area contributed by atoms with Gasteiger partial charge in [-0.05, 0) is 49.7 Å². The average Bonchev–Trinajstić information content (AvgIpc) is 3.27. The Morgan fingerprint density at radius 1 is 1.25 bits per heavy atom. The molecule has 7 heteroatoms. The topological polar surface area (TPSA) is 51.4 Å². The number of halogens is 1. The van der Waals surface area contributed by atoms with Crippen molar-refractivity contribution in [3.63, 3.8) is 0 Å². The fraction of sp³-hybridized carbons (Fsp3) is 0.294. The van der Waals surface area contributed by atoms with Crippen LogP contribution in [0, 0.1) is 5.82 Å². The number of rotatable bonds is 7. The Hall–Kier alpha value is -2.25. The van der Waals surface area contributed by atoms with Gasteiger partial charge < -0.3 is 9.15 Å². The zero-order valence-electron chi connectivity index (χ0n) is 13.5. The van der Waals surface area contributed by atoms with E-state index in [2.05, 4.69) is 15.1 Å². The largest absolute Gasteiger partial charge is 0.492 e. The van der Waals surface area contributed by atoms with Crippen molar-refractivity contribution in [2.45, 2.75) is 13.0 Å². The first-order valence-corrected chi connectivity index (χ1v) is 8.47. The molecule has 1 aromatic carbocycles. The number of aromatic nitrogens is 2. The molecule has 0 N–H and O–H groups in total. The third-order valence-corrected chi connectivity index (χ3v) is 4.58. The molecule has 5 nitrogen and oxygen atoms in total. The maximum Gasteiger partial charge on any atom is 0.257 e. The summed E-state index contributed by atoms with van der Waals surface area (Å²) in [5, 5.41) is 10.2. The molecule has 0 aliphatic rings. The predicted molar refractivity (Wildman–Crippen MR) is 90.6 cm³/mol. The number of hydrogen-bond acceptors (Lipinski definition) is 6. The molecule has 1 atom stereocenters. The molecule has 0 aliphatic heterocycles. The molecule has 0 aliphatic carbocycles. The molecular weight excluding hydrogens is 329 g/mol. The Bertz CT molecular complexity index is 759. The fourth-order valence-electron chi connectivity index (χ4n) is 2.12. The van der Waals surface area contributed by atoms with Crippen molar-refractivity contribution >= 4 is 11.3 Å². The fourth-order valence-corrected chi connectivity index (χ4v) is 2.77. The number of hydrogen-bond donors (Lipinski definition) is 0. The molecule has 2 heterocycles. The van der Waals surface area contributed by atoms with E-state index in [-0.39, 0.29) is 11.9 Å². The van der Waals surface area contributed by atoms with Gasteiger partial charge in [-0.2, -0.15) is 0 Å². The Morgan fingerprint density at radius 2 is 2.04 bits per heavy atom. The lowest BCUT2D eigenvalue weighted by Crippen LogP contribution is -2.27. The highest BCUT2D eigenvalue weighted by Gasteiger charge is 2.19. The SMILES string of the molecule is CC(c1nnc(-c2cccs2)o1)N(C)CCOc1ccc(F)cc1. The smallest absolute Gasteiger partial charge is 0.257 e. The standard InChI is InChI=1S/C17H18FN3O2S/c1-12(16-19-20-17(23-16)15-4-3-11-24-15)21(2)9-10-22-14-7-5-13(18)6-8-14/h3-8,11-12H,9-10H2,1-2H3. The molecule has 0 amide bonds. The van der Waals surface area contributed by atoms with E-state index in [0.717, 1.165) is 4.88 Å². The van der Waals surface area contributed by atoms with E-state index in [0.29, 0.717) is 30.7 Å². The zero-order chi connectivity index (χ0) is 16.9. The maximum absolute atomic E-state index is 12.8. The normalized spacial score (nSPS) is 12.5. The Morgan fingerprint density at radius 3 is 2.75 bits per heavy atom. The van der Waals surface area contributed by atoms with Gasteiger partial charge in [-0.3, -0.25) is 4.90 Å². The summed E-state index contributed by atoms with van der Waals surface area (Å²) < 4.78 is 24.2. The van der Waals surface area contributed by atoms with Gasteiger partial charge in [0.15, 0.2) is 0 Å². The molecule has 0 fully saturated rings. The summed E-state index contributed by atoms with van der Waals surface area (Å²) >= 11 is 1.57. The van der Waals surface area contributed by atoms with E-state index in [9.17, 15) is 4.39 Å². The summed E-state index contributed by atoms with van der Waals surface area (Å²) in [6.07, 6.45) is 0. The molecule has 126 valence electrons. The van der Waals surface area contributed by atoms with Crippen LogP contribution in [0.15, 0.2) is 46.2 Å². The minimum absolute atomic E-state index is 0.0250. The second kappa shape index (κ2) is 7.55. The summed E-state index contributed by atoms with van der Waals surface area (Å²) in [5.41, 5.74) is 0. The van der Waals surface area contributed by atoms with Gasteiger partial charge in [0.1, 0.15) is 18.2 Å². The first kappa shape index (κ1) is 16.6. The Balaban J connectivity index is 1.53. The van der Waals surface area contributed by atoms with Crippen LogP contribution in [0.25, 0.3) is 10.8 Å². The van der Waals surface area contributed by atoms with Crippen LogP contribution < -0.4 is 4.74 Å². The minimum Gasteiger partial charge on any atom is -0.492 e. The Kier molecular flexibility index (Phi) is 5.22. The molecule has 3 aromatic rings. The van der Waals surface area contributed by atoms with Crippen molar-refractivity contribution in [1.29, 1.82) is 0 Å². The summed E-state index contributed by atoms with van der Waals surface area (Å²) in [5.74, 6) is 1.49. The summed E-state index contributed by atoms with van der Waals surface area (Å²) in [7, 11) is 1.97. The van der Waals surface area contributed by atoms with Gasteiger partial charge in [0.2, 0.25) is 5.89 Å². The lowest BCUT2D eigenvalue weighted by Gasteiger charge is -2.21. The van der Waals surface area contributed by atoms with Gasteiger partial charge in [-0.15, -0.1) is 21.5 Å². The van der Waals surface area contributed by atoms with Crippen LogP contribution in [0.1, 0.15) is 18.9 Å². The summed E-state index contributed by atoms with van der Waals surface area (Å²) in [6.45, 7) is 3.16. The van der Waals surface area contributed by atoms with Crippen LogP contribution in [0.2, 0.25) is 0 Å². The zero-order valence-corrected chi connectivity index (χ0v) is 14.3. The van der Waals surface area contributed by atoms with Crippen molar-refractivity contribution in [2.75, 3.05) is 20.2 Å². The van der Waals surface area contributed by atoms with Crippen LogP contribution >= 0.6 is 11.3 Å². The monoisotopic (exact) mass is 347 g/mol. The number of ether oxygens (including phenoxy) is 1. The van der Waals surface area contributed by atoms with Gasteiger partial charge in [0.05, 0.1) is 10.9 Å². The van der Waals surface area contributed by atoms with Crippen LogP contribution in [-0.4, -0.2) is 35.3 Å². The molecule has 2 aromatic heterocycles. The number of thiophene rings is 1. The van der Waals surface area contributed by atoms with Crippen molar-refractivity contribution in [3.05, 3.63) is 53.5 Å².